The molecule has 0 unspecified atom stereocenters. The Kier molecular flexibility index (Phi) is 26.1. The fourth-order valence-electron chi connectivity index (χ4n) is 7.90. The first-order valence-electron chi connectivity index (χ1n) is 21.2. The van der Waals surface area contributed by atoms with Gasteiger partial charge in [0, 0.05) is 119 Å². The van der Waals surface area contributed by atoms with Gasteiger partial charge in [-0.2, -0.15) is 0 Å². The van der Waals surface area contributed by atoms with Gasteiger partial charge in [-0.15, -0.1) is 0 Å². The van der Waals surface area contributed by atoms with Crippen molar-refractivity contribution in [1.82, 2.24) is 10.6 Å². The number of nitrogens with one attached hydrogen (secondary N) is 2. The monoisotopic (exact) mass is 963 g/mol. The highest BCUT2D eigenvalue weighted by atomic mass is 16.6. The number of ketones is 1. The average Bonchev–Trinajstić information content (AvgIpc) is 3.21. The molecule has 0 aliphatic heterocycles. The molecule has 0 saturated carbocycles. The Morgan fingerprint density at radius 2 is 0.567 bits per heavy atom. The van der Waals surface area contributed by atoms with E-state index in [1.165, 1.54) is 0 Å². The number of carbonyl (C=O) groups is 12. The summed E-state index contributed by atoms with van der Waals surface area (Å²) < 4.78 is 0. The summed E-state index contributed by atoms with van der Waals surface area (Å²) in [6.07, 6.45) is -15.3. The second-order valence-electron chi connectivity index (χ2n) is 16.9. The van der Waals surface area contributed by atoms with Gasteiger partial charge in [-0.1, -0.05) is 0 Å². The highest BCUT2D eigenvalue weighted by Crippen LogP contribution is 2.41. The smallest absolute Gasteiger partial charge is 0.303 e. The van der Waals surface area contributed by atoms with Gasteiger partial charge in [-0.3, -0.25) is 67.6 Å². The Morgan fingerprint density at radius 3 is 0.791 bits per heavy atom. The highest BCUT2D eigenvalue weighted by Gasteiger charge is 2.45. The van der Waals surface area contributed by atoms with Gasteiger partial charge in [-0.05, 0) is 63.2 Å². The molecule has 0 aromatic carbocycles. The van der Waals surface area contributed by atoms with E-state index < -0.39 is 240 Å². The van der Waals surface area contributed by atoms with Crippen molar-refractivity contribution < 1.29 is 108 Å². The maximum atomic E-state index is 13.8. The van der Waals surface area contributed by atoms with Gasteiger partial charge in [0.25, 0.3) is 0 Å². The van der Waals surface area contributed by atoms with Crippen LogP contribution >= 0.6 is 0 Å². The van der Waals surface area contributed by atoms with Crippen LogP contribution in [0.25, 0.3) is 0 Å². The second-order valence-corrected chi connectivity index (χ2v) is 16.9. The number of rotatable bonds is 41. The molecule has 0 saturated heterocycles. The molecule has 0 rings (SSSR count). The van der Waals surface area contributed by atoms with Gasteiger partial charge in [-0.25, -0.2) is 0 Å². The predicted octanol–water partition coefficient (Wildman–Crippen LogP) is 2.78. The van der Waals surface area contributed by atoms with E-state index in [-0.39, 0.29) is 19.3 Å². The number of carboxylic acids is 9. The number of Topliss-reactive ketones (excluding diaryl/α,β-unsaturated/α-hetero) is 1. The van der Waals surface area contributed by atoms with Crippen LogP contribution in [-0.2, 0) is 57.5 Å². The summed E-state index contributed by atoms with van der Waals surface area (Å²) in [5.41, 5.74) is -7.50. The molecule has 26 nitrogen and oxygen atoms in total. The third kappa shape index (κ3) is 26.1. The average molecular weight is 964 g/mol. The summed E-state index contributed by atoms with van der Waals surface area (Å²) in [6, 6.07) is 0. The molecule has 0 aliphatic rings. The molecule has 67 heavy (non-hydrogen) atoms. The number of nitrogens with zero attached hydrogens (tertiary/aromatic N) is 1. The molecule has 0 atom stereocenters. The molecule has 26 heteroatoms. The van der Waals surface area contributed by atoms with Crippen LogP contribution in [0, 0.1) is 15.5 Å². The maximum Gasteiger partial charge on any atom is 0.303 e. The highest BCUT2D eigenvalue weighted by molar-refractivity contribution is 5.81. The molecule has 0 aromatic heterocycles. The summed E-state index contributed by atoms with van der Waals surface area (Å²) in [5, 5.41) is 102. The van der Waals surface area contributed by atoms with E-state index in [0.29, 0.717) is 0 Å². The molecular formula is C41H61N3O23. The summed E-state index contributed by atoms with van der Waals surface area (Å²) in [5.74, 6) is -15.4. The van der Waals surface area contributed by atoms with E-state index in [4.69, 9.17) is 0 Å². The van der Waals surface area contributed by atoms with Crippen molar-refractivity contribution in [2.45, 2.75) is 177 Å². The standard InChI is InChI=1S/C41H61N3O23/c45-26(25-38(13-4-29(48)49,14-5-30(50)51)15-6-31(52)53)1-22-41(44(66)67,23-2-27(46)42-39(16-7-32(54)55,17-8-33(56)57)18-9-34(58)59)24-3-28(47)43-40(19-10-35(60)61,20-11-36(62)63)21-12-37(64)65/h1-25H2,(H,42,46)(H,43,47)(H,48,49)(H,50,51)(H,52,53)(H,54,55)(H,56,57)(H,58,59)(H,60,61)(H,62,63)(H,64,65). The fourth-order valence-corrected chi connectivity index (χ4v) is 7.90. The van der Waals surface area contributed by atoms with Crippen molar-refractivity contribution in [2.75, 3.05) is 0 Å². The summed E-state index contributed by atoms with van der Waals surface area (Å²) in [4.78, 5) is 157. The molecule has 0 bridgehead atoms. The number of aliphatic carboxylic acids is 9. The van der Waals surface area contributed by atoms with Crippen LogP contribution < -0.4 is 10.6 Å². The van der Waals surface area contributed by atoms with E-state index in [1.807, 2.05) is 0 Å². The number of carbonyl (C=O) groups excluding carboxylic acids is 3. The first-order chi connectivity index (χ1) is 31.0. The topological polar surface area (TPSA) is 454 Å². The molecule has 0 fully saturated rings. The predicted molar refractivity (Wildman–Crippen MR) is 223 cm³/mol. The summed E-state index contributed by atoms with van der Waals surface area (Å²) in [7, 11) is 0. The third-order valence-electron chi connectivity index (χ3n) is 11.8. The molecule has 11 N–H and O–H groups in total. The Hall–Kier alpha value is -6.76. The normalized spacial score (nSPS) is 11.8. The zero-order valence-corrected chi connectivity index (χ0v) is 36.9. The van der Waals surface area contributed by atoms with Crippen molar-refractivity contribution in [3.8, 4) is 0 Å². The minimum absolute atomic E-state index is 0.365. The molecule has 2 amide bonds. The Labute approximate surface area is 382 Å². The third-order valence-corrected chi connectivity index (χ3v) is 11.8. The van der Waals surface area contributed by atoms with E-state index in [0.717, 1.165) is 0 Å². The Morgan fingerprint density at radius 1 is 0.343 bits per heavy atom. The lowest BCUT2D eigenvalue weighted by molar-refractivity contribution is -0.573. The molecular weight excluding hydrogens is 902 g/mol. The van der Waals surface area contributed by atoms with Crippen LogP contribution in [0.3, 0.4) is 0 Å². The van der Waals surface area contributed by atoms with Gasteiger partial charge >= 0.3 is 53.7 Å². The molecule has 0 aromatic rings. The molecule has 0 aliphatic carbocycles. The zero-order valence-electron chi connectivity index (χ0n) is 36.9. The number of nitro groups is 1. The Balaban J connectivity index is 7.27. The molecule has 378 valence electrons. The molecule has 0 heterocycles. The SMILES string of the molecule is O=C(O)CCC(CCC(=O)O)(CCC(=O)O)CC(=O)CCC(CCC(=O)NC(CCC(=O)O)(CCC(=O)O)CCC(=O)O)(CCC(=O)NC(CCC(=O)O)(CCC(=O)O)CCC(=O)O)[N+](=O)[O-]. The van der Waals surface area contributed by atoms with Gasteiger partial charge in [0.15, 0.2) is 0 Å². The van der Waals surface area contributed by atoms with E-state index >= 15 is 0 Å². The van der Waals surface area contributed by atoms with Crippen LogP contribution in [0.1, 0.15) is 161 Å². The Bertz CT molecular complexity index is 1500. The number of hydrogen-bond donors (Lipinski definition) is 11. The number of carboxylic acid groups (broad SMARTS) is 9. The lowest BCUT2D eigenvalue weighted by Crippen LogP contribution is -2.51. The van der Waals surface area contributed by atoms with Crippen LogP contribution in [0.5, 0.6) is 0 Å². The van der Waals surface area contributed by atoms with Gasteiger partial charge in [0.2, 0.25) is 17.4 Å². The van der Waals surface area contributed by atoms with Gasteiger partial charge < -0.3 is 56.6 Å². The van der Waals surface area contributed by atoms with Gasteiger partial charge in [0.1, 0.15) is 5.78 Å². The van der Waals surface area contributed by atoms with Crippen molar-refractivity contribution in [3.05, 3.63) is 10.1 Å². The number of amides is 2. The van der Waals surface area contributed by atoms with Crippen molar-refractivity contribution in [3.63, 3.8) is 0 Å². The van der Waals surface area contributed by atoms with E-state index in [1.54, 1.807) is 0 Å². The second kappa shape index (κ2) is 29.0. The number of hydrogen-bond acceptors (Lipinski definition) is 14. The maximum absolute atomic E-state index is 13.8. The minimum Gasteiger partial charge on any atom is -0.481 e. The first-order valence-corrected chi connectivity index (χ1v) is 21.2. The summed E-state index contributed by atoms with van der Waals surface area (Å²) in [6.45, 7) is 0. The first kappa shape index (κ1) is 60.2. The quantitative estimate of drug-likeness (QED) is 0.0310. The van der Waals surface area contributed by atoms with Crippen molar-refractivity contribution in [2.24, 2.45) is 5.41 Å². The van der Waals surface area contributed by atoms with Crippen LogP contribution in [-0.4, -0.2) is 139 Å². The molecule has 0 radical (unpaired) electrons. The molecule has 0 spiro atoms. The lowest BCUT2D eigenvalue weighted by Gasteiger charge is -2.35. The van der Waals surface area contributed by atoms with E-state index in [2.05, 4.69) is 10.6 Å². The van der Waals surface area contributed by atoms with E-state index in [9.17, 15) is 114 Å². The van der Waals surface area contributed by atoms with Crippen molar-refractivity contribution >= 4 is 71.3 Å². The lowest BCUT2D eigenvalue weighted by atomic mass is 9.71. The minimum atomic E-state index is -2.44. The zero-order chi connectivity index (χ0) is 51.6. The summed E-state index contributed by atoms with van der Waals surface area (Å²) >= 11 is 0. The fraction of sp³-hybridized carbons (Fsp3) is 0.707. The largest absolute Gasteiger partial charge is 0.481 e. The van der Waals surface area contributed by atoms with Crippen LogP contribution in [0.4, 0.5) is 0 Å². The van der Waals surface area contributed by atoms with Crippen molar-refractivity contribution in [1.29, 1.82) is 0 Å². The van der Waals surface area contributed by atoms with Gasteiger partial charge in [0.05, 0.1) is 0 Å². The van der Waals surface area contributed by atoms with Crippen LogP contribution in [0.15, 0.2) is 0 Å². The van der Waals surface area contributed by atoms with Crippen LogP contribution in [0.2, 0.25) is 0 Å².